The monoisotopic (exact) mass is 377 g/mol. The van der Waals surface area contributed by atoms with Gasteiger partial charge in [0.25, 0.3) is 0 Å². The number of rotatable bonds is 5. The van der Waals surface area contributed by atoms with E-state index in [9.17, 15) is 14.9 Å². The van der Waals surface area contributed by atoms with Gasteiger partial charge >= 0.3 is 5.97 Å². The Hall–Kier alpha value is -3.79. The average Bonchev–Trinajstić information content (AvgIpc) is 2.89. The molecule has 28 heavy (non-hydrogen) atoms. The highest BCUT2D eigenvalue weighted by Gasteiger charge is 2.61. The van der Waals surface area contributed by atoms with Crippen molar-refractivity contribution in [3.05, 3.63) is 77.9 Å². The summed E-state index contributed by atoms with van der Waals surface area (Å²) in [6.07, 6.45) is 2.96. The number of para-hydroxylation sites is 1. The van der Waals surface area contributed by atoms with Gasteiger partial charge in [-0.2, -0.15) is 5.26 Å². The van der Waals surface area contributed by atoms with E-state index in [4.69, 9.17) is 15.2 Å². The van der Waals surface area contributed by atoms with Crippen molar-refractivity contribution in [2.45, 2.75) is 12.3 Å². The van der Waals surface area contributed by atoms with Gasteiger partial charge in [0.1, 0.15) is 24.0 Å². The molecule has 7 heteroatoms. The van der Waals surface area contributed by atoms with Crippen molar-refractivity contribution in [1.82, 2.24) is 4.90 Å². The number of fused-ring (bicyclic) bond motifs is 2. The molecule has 0 aliphatic carbocycles. The molecule has 7 nitrogen and oxygen atoms in total. The molecule has 0 bridgehead atoms. The molecule has 0 saturated carbocycles. The van der Waals surface area contributed by atoms with Crippen LogP contribution in [0.4, 0.5) is 0 Å². The van der Waals surface area contributed by atoms with E-state index in [0.29, 0.717) is 17.0 Å². The van der Waals surface area contributed by atoms with Gasteiger partial charge in [-0.15, -0.1) is 6.58 Å². The van der Waals surface area contributed by atoms with Crippen molar-refractivity contribution in [2.75, 3.05) is 13.2 Å². The first-order chi connectivity index (χ1) is 13.4. The standard InChI is InChI=1S/C21H19N3O4/c1-4-10-24-13(3)17(19(25)27-11-5-2)21(20(24)26)14-8-6-7-9-16(14)28-18(23)15(21)12-22/h4-9H,1-2,10-11,23H2,3H3/t21-/m0/s1. The van der Waals surface area contributed by atoms with Gasteiger partial charge in [0.2, 0.25) is 11.8 Å². The quantitative estimate of drug-likeness (QED) is 0.622. The number of nitrogens with zero attached hydrogens (tertiary/aromatic N) is 2. The minimum absolute atomic E-state index is 0.0384. The molecule has 2 aliphatic heterocycles. The number of hydrogen-bond donors (Lipinski definition) is 1. The van der Waals surface area contributed by atoms with Gasteiger partial charge in [-0.05, 0) is 13.0 Å². The van der Waals surface area contributed by atoms with Crippen molar-refractivity contribution < 1.29 is 19.1 Å². The molecule has 3 rings (SSSR count). The van der Waals surface area contributed by atoms with Crippen molar-refractivity contribution in [1.29, 1.82) is 5.26 Å². The number of carbonyl (C=O) groups is 2. The number of amides is 1. The van der Waals surface area contributed by atoms with Crippen molar-refractivity contribution >= 4 is 11.9 Å². The number of benzene rings is 1. The van der Waals surface area contributed by atoms with E-state index < -0.39 is 17.3 Å². The molecule has 1 atom stereocenters. The Morgan fingerprint density at radius 3 is 2.75 bits per heavy atom. The summed E-state index contributed by atoms with van der Waals surface area (Å²) in [5.74, 6) is -1.13. The van der Waals surface area contributed by atoms with Crippen molar-refractivity contribution in [3.8, 4) is 11.8 Å². The molecule has 0 unspecified atom stereocenters. The van der Waals surface area contributed by atoms with Gasteiger partial charge in [-0.25, -0.2) is 4.79 Å². The number of allylic oxidation sites excluding steroid dienone is 1. The minimum Gasteiger partial charge on any atom is -0.458 e. The first-order valence-electron chi connectivity index (χ1n) is 8.55. The number of hydrogen-bond acceptors (Lipinski definition) is 6. The zero-order valence-corrected chi connectivity index (χ0v) is 15.4. The number of esters is 1. The summed E-state index contributed by atoms with van der Waals surface area (Å²) in [4.78, 5) is 28.1. The van der Waals surface area contributed by atoms with E-state index in [-0.39, 0.29) is 30.2 Å². The number of ether oxygens (including phenoxy) is 2. The molecule has 0 radical (unpaired) electrons. The maximum Gasteiger partial charge on any atom is 0.337 e. The van der Waals surface area contributed by atoms with Gasteiger partial charge in [0.15, 0.2) is 5.41 Å². The molecule has 1 spiro atoms. The lowest BCUT2D eigenvalue weighted by molar-refractivity contribution is -0.140. The van der Waals surface area contributed by atoms with Crippen molar-refractivity contribution in [3.63, 3.8) is 0 Å². The van der Waals surface area contributed by atoms with Gasteiger partial charge in [0.05, 0.1) is 5.57 Å². The maximum absolute atomic E-state index is 13.7. The summed E-state index contributed by atoms with van der Waals surface area (Å²) in [6, 6.07) is 8.66. The molecule has 2 aliphatic rings. The molecule has 2 N–H and O–H groups in total. The molecule has 2 heterocycles. The molecule has 1 aromatic rings. The molecular formula is C21H19N3O4. The third-order valence-corrected chi connectivity index (χ3v) is 4.80. The first-order valence-corrected chi connectivity index (χ1v) is 8.55. The van der Waals surface area contributed by atoms with Crippen LogP contribution in [0.5, 0.6) is 5.75 Å². The molecule has 1 aromatic carbocycles. The first kappa shape index (κ1) is 19.0. The lowest BCUT2D eigenvalue weighted by Crippen LogP contribution is -2.47. The molecule has 0 aromatic heterocycles. The second-order valence-corrected chi connectivity index (χ2v) is 6.25. The fourth-order valence-corrected chi connectivity index (χ4v) is 3.70. The van der Waals surface area contributed by atoms with E-state index in [1.807, 2.05) is 6.07 Å². The van der Waals surface area contributed by atoms with Crippen LogP contribution in [0.1, 0.15) is 12.5 Å². The van der Waals surface area contributed by atoms with Crippen LogP contribution >= 0.6 is 0 Å². The number of carbonyl (C=O) groups excluding carboxylic acids is 2. The van der Waals surface area contributed by atoms with Crippen LogP contribution in [0, 0.1) is 11.3 Å². The Bertz CT molecular complexity index is 999. The van der Waals surface area contributed by atoms with E-state index in [1.165, 1.54) is 17.1 Å². The molecule has 0 saturated heterocycles. The lowest BCUT2D eigenvalue weighted by Gasteiger charge is -2.35. The Balaban J connectivity index is 2.39. The summed E-state index contributed by atoms with van der Waals surface area (Å²) < 4.78 is 10.8. The predicted molar refractivity (Wildman–Crippen MR) is 101 cm³/mol. The van der Waals surface area contributed by atoms with E-state index >= 15 is 0 Å². The normalized spacial score (nSPS) is 20.6. The zero-order chi connectivity index (χ0) is 20.5. The summed E-state index contributed by atoms with van der Waals surface area (Å²) in [5, 5.41) is 9.86. The third kappa shape index (κ3) is 2.42. The van der Waals surface area contributed by atoms with Crippen LogP contribution < -0.4 is 10.5 Å². The summed E-state index contributed by atoms with van der Waals surface area (Å²) in [6.45, 7) is 8.95. The van der Waals surface area contributed by atoms with E-state index in [2.05, 4.69) is 13.2 Å². The molecule has 0 fully saturated rings. The highest BCUT2D eigenvalue weighted by Crippen LogP contribution is 2.53. The Morgan fingerprint density at radius 2 is 2.11 bits per heavy atom. The average molecular weight is 377 g/mol. The van der Waals surface area contributed by atoms with Crippen LogP contribution in [0.2, 0.25) is 0 Å². The SMILES string of the molecule is C=CCOC(=O)C1=C(C)N(CC=C)C(=O)[C@@]12C(C#N)=C(N)Oc1ccccc12. The fourth-order valence-electron chi connectivity index (χ4n) is 3.70. The van der Waals surface area contributed by atoms with Crippen LogP contribution in [0.25, 0.3) is 0 Å². The van der Waals surface area contributed by atoms with E-state index in [1.54, 1.807) is 31.2 Å². The Morgan fingerprint density at radius 1 is 1.39 bits per heavy atom. The summed E-state index contributed by atoms with van der Waals surface area (Å²) >= 11 is 0. The third-order valence-electron chi connectivity index (χ3n) is 4.80. The van der Waals surface area contributed by atoms with Crippen LogP contribution in [0.15, 0.2) is 72.3 Å². The van der Waals surface area contributed by atoms with Crippen LogP contribution in [-0.4, -0.2) is 29.9 Å². The van der Waals surface area contributed by atoms with Gasteiger partial charge in [0, 0.05) is 17.8 Å². The van der Waals surface area contributed by atoms with E-state index in [0.717, 1.165) is 0 Å². The summed E-state index contributed by atoms with van der Waals surface area (Å²) in [7, 11) is 0. The number of nitriles is 1. The zero-order valence-electron chi connectivity index (χ0n) is 15.4. The highest BCUT2D eigenvalue weighted by molar-refractivity contribution is 6.12. The van der Waals surface area contributed by atoms with Crippen LogP contribution in [0.3, 0.4) is 0 Å². The molecular weight excluding hydrogens is 358 g/mol. The molecule has 1 amide bonds. The van der Waals surface area contributed by atoms with Gasteiger partial charge in [-0.1, -0.05) is 36.9 Å². The van der Waals surface area contributed by atoms with Gasteiger partial charge < -0.3 is 20.1 Å². The summed E-state index contributed by atoms with van der Waals surface area (Å²) in [5.41, 5.74) is 4.89. The second kappa shape index (κ2) is 7.08. The topological polar surface area (TPSA) is 106 Å². The smallest absolute Gasteiger partial charge is 0.337 e. The Kier molecular flexibility index (Phi) is 4.80. The predicted octanol–water partition coefficient (Wildman–Crippen LogP) is 2.04. The lowest BCUT2D eigenvalue weighted by atomic mass is 9.68. The largest absolute Gasteiger partial charge is 0.458 e. The Labute approximate surface area is 162 Å². The number of nitrogens with two attached hydrogens (primary N) is 1. The van der Waals surface area contributed by atoms with Crippen molar-refractivity contribution in [2.24, 2.45) is 5.73 Å². The highest BCUT2D eigenvalue weighted by atomic mass is 16.5. The molecule has 142 valence electrons. The second-order valence-electron chi connectivity index (χ2n) is 6.25. The van der Waals surface area contributed by atoms with Crippen LogP contribution in [-0.2, 0) is 19.7 Å². The fraction of sp³-hybridized carbons (Fsp3) is 0.190. The minimum atomic E-state index is -1.74. The maximum atomic E-state index is 13.7. The van der Waals surface area contributed by atoms with Gasteiger partial charge in [-0.3, -0.25) is 4.79 Å².